The van der Waals surface area contributed by atoms with Crippen molar-refractivity contribution < 1.29 is 9.90 Å². The molecule has 1 atom stereocenters. The Morgan fingerprint density at radius 1 is 1.13 bits per heavy atom. The predicted molar refractivity (Wildman–Crippen MR) is 94.7 cm³/mol. The summed E-state index contributed by atoms with van der Waals surface area (Å²) in [7, 11) is 0. The van der Waals surface area contributed by atoms with Crippen LogP contribution < -0.4 is 0 Å². The van der Waals surface area contributed by atoms with Crippen molar-refractivity contribution in [1.29, 1.82) is 0 Å². The number of hydrogen-bond donors (Lipinski definition) is 1. The third kappa shape index (κ3) is 4.57. The second-order valence-electron chi connectivity index (χ2n) is 6.94. The highest BCUT2D eigenvalue weighted by atomic mass is 16.4. The molecule has 0 bridgehead atoms. The van der Waals surface area contributed by atoms with E-state index in [9.17, 15) is 9.90 Å². The number of benzene rings is 1. The molecule has 0 amide bonds. The van der Waals surface area contributed by atoms with Crippen LogP contribution in [0.5, 0.6) is 0 Å². The first kappa shape index (κ1) is 18.0. The Hall–Kier alpha value is -1.35. The second-order valence-corrected chi connectivity index (χ2v) is 6.94. The van der Waals surface area contributed by atoms with Gasteiger partial charge in [0.05, 0.1) is 6.42 Å². The lowest BCUT2D eigenvalue weighted by molar-refractivity contribution is -0.141. The van der Waals surface area contributed by atoms with Crippen molar-refractivity contribution in [2.75, 3.05) is 19.6 Å². The minimum atomic E-state index is -0.646. The maximum absolute atomic E-state index is 11.6. The Morgan fingerprint density at radius 3 is 2.26 bits per heavy atom. The van der Waals surface area contributed by atoms with Gasteiger partial charge in [-0.2, -0.15) is 0 Å². The van der Waals surface area contributed by atoms with Gasteiger partial charge in [0.2, 0.25) is 0 Å². The number of aliphatic carboxylic acids is 1. The summed E-state index contributed by atoms with van der Waals surface area (Å²) in [6, 6.07) is 10.6. The van der Waals surface area contributed by atoms with Gasteiger partial charge in [0.1, 0.15) is 0 Å². The normalized spacial score (nSPS) is 18.7. The Kier molecular flexibility index (Phi) is 6.64. The second kappa shape index (κ2) is 8.49. The van der Waals surface area contributed by atoms with Crippen molar-refractivity contribution in [3.05, 3.63) is 35.9 Å². The molecule has 23 heavy (non-hydrogen) atoms. The largest absolute Gasteiger partial charge is 0.481 e. The minimum Gasteiger partial charge on any atom is -0.481 e. The molecule has 1 unspecified atom stereocenters. The molecule has 0 aliphatic heterocycles. The van der Waals surface area contributed by atoms with E-state index in [1.165, 1.54) is 12.0 Å². The minimum absolute atomic E-state index is 0.0893. The molecule has 1 fully saturated rings. The zero-order valence-electron chi connectivity index (χ0n) is 14.6. The molecule has 1 aliphatic carbocycles. The number of hydrogen-bond acceptors (Lipinski definition) is 2. The molecule has 0 saturated heterocycles. The van der Waals surface area contributed by atoms with Crippen molar-refractivity contribution in [2.24, 2.45) is 5.41 Å². The third-order valence-corrected chi connectivity index (χ3v) is 5.63. The first-order valence-electron chi connectivity index (χ1n) is 9.10. The van der Waals surface area contributed by atoms with Crippen LogP contribution in [0.25, 0.3) is 0 Å². The van der Waals surface area contributed by atoms with Crippen LogP contribution in [0.4, 0.5) is 0 Å². The molecular formula is C20H31NO2. The van der Waals surface area contributed by atoms with E-state index in [1.807, 2.05) is 6.07 Å². The van der Waals surface area contributed by atoms with Gasteiger partial charge in [-0.1, -0.05) is 63.4 Å². The van der Waals surface area contributed by atoms with E-state index >= 15 is 0 Å². The predicted octanol–water partition coefficient (Wildman–Crippen LogP) is 4.54. The summed E-state index contributed by atoms with van der Waals surface area (Å²) in [4.78, 5) is 14.1. The standard InChI is InChI=1S/C20H31NO2/c1-3-21(4-2)16-18(17-11-7-5-8-12-17)20(15-19(22)23)13-9-6-10-14-20/h5,7-8,11-12,18H,3-4,6,9-10,13-16H2,1-2H3,(H,22,23). The van der Waals surface area contributed by atoms with Gasteiger partial charge in [-0.25, -0.2) is 0 Å². The third-order valence-electron chi connectivity index (χ3n) is 5.63. The molecule has 1 saturated carbocycles. The molecule has 0 spiro atoms. The number of rotatable bonds is 8. The fraction of sp³-hybridized carbons (Fsp3) is 0.650. The molecule has 1 N–H and O–H groups in total. The average molecular weight is 317 g/mol. The first-order valence-corrected chi connectivity index (χ1v) is 9.10. The Morgan fingerprint density at radius 2 is 1.74 bits per heavy atom. The van der Waals surface area contributed by atoms with Gasteiger partial charge in [0, 0.05) is 12.5 Å². The van der Waals surface area contributed by atoms with Gasteiger partial charge in [-0.05, 0) is 36.9 Å². The van der Waals surface area contributed by atoms with Gasteiger partial charge < -0.3 is 10.0 Å². The van der Waals surface area contributed by atoms with E-state index in [4.69, 9.17) is 0 Å². The monoisotopic (exact) mass is 317 g/mol. The van der Waals surface area contributed by atoms with Crippen molar-refractivity contribution in [3.8, 4) is 0 Å². The summed E-state index contributed by atoms with van der Waals surface area (Å²) >= 11 is 0. The van der Waals surface area contributed by atoms with Gasteiger partial charge in [0.25, 0.3) is 0 Å². The molecule has 2 rings (SSSR count). The lowest BCUT2D eigenvalue weighted by Gasteiger charge is -2.45. The van der Waals surface area contributed by atoms with Crippen LogP contribution in [0, 0.1) is 5.41 Å². The number of carboxylic acid groups (broad SMARTS) is 1. The highest BCUT2D eigenvalue weighted by molar-refractivity contribution is 5.68. The topological polar surface area (TPSA) is 40.5 Å². The fourth-order valence-electron chi connectivity index (χ4n) is 4.28. The number of carboxylic acids is 1. The lowest BCUT2D eigenvalue weighted by atomic mass is 9.62. The average Bonchev–Trinajstić information content (AvgIpc) is 2.57. The van der Waals surface area contributed by atoms with E-state index in [2.05, 4.69) is 43.0 Å². The van der Waals surface area contributed by atoms with Crippen LogP contribution in [0.3, 0.4) is 0 Å². The van der Waals surface area contributed by atoms with Gasteiger partial charge in [0.15, 0.2) is 0 Å². The molecule has 3 nitrogen and oxygen atoms in total. The Labute approximate surface area is 140 Å². The summed E-state index contributed by atoms with van der Waals surface area (Å²) in [6.07, 6.45) is 5.95. The molecule has 1 aromatic rings. The summed E-state index contributed by atoms with van der Waals surface area (Å²) < 4.78 is 0. The van der Waals surface area contributed by atoms with Crippen LogP contribution >= 0.6 is 0 Å². The molecule has 0 heterocycles. The Bertz CT molecular complexity index is 476. The Balaban J connectivity index is 2.37. The zero-order valence-corrected chi connectivity index (χ0v) is 14.6. The van der Waals surface area contributed by atoms with E-state index < -0.39 is 5.97 Å². The molecular weight excluding hydrogens is 286 g/mol. The highest BCUT2D eigenvalue weighted by Gasteiger charge is 2.42. The van der Waals surface area contributed by atoms with E-state index in [0.717, 1.165) is 45.3 Å². The maximum Gasteiger partial charge on any atom is 0.303 e. The van der Waals surface area contributed by atoms with Gasteiger partial charge in [-0.15, -0.1) is 0 Å². The quantitative estimate of drug-likeness (QED) is 0.765. The van der Waals surface area contributed by atoms with Gasteiger partial charge in [-0.3, -0.25) is 4.79 Å². The van der Waals surface area contributed by atoms with Crippen molar-refractivity contribution in [1.82, 2.24) is 4.90 Å². The van der Waals surface area contributed by atoms with Gasteiger partial charge >= 0.3 is 5.97 Å². The number of likely N-dealkylation sites (N-methyl/N-ethyl adjacent to an activating group) is 1. The van der Waals surface area contributed by atoms with E-state index in [-0.39, 0.29) is 5.41 Å². The van der Waals surface area contributed by atoms with Crippen LogP contribution in [-0.2, 0) is 4.79 Å². The van der Waals surface area contributed by atoms with Crippen molar-refractivity contribution in [3.63, 3.8) is 0 Å². The maximum atomic E-state index is 11.6. The van der Waals surface area contributed by atoms with Crippen molar-refractivity contribution >= 4 is 5.97 Å². The smallest absolute Gasteiger partial charge is 0.303 e. The van der Waals surface area contributed by atoms with Crippen molar-refractivity contribution in [2.45, 2.75) is 58.3 Å². The summed E-state index contributed by atoms with van der Waals surface area (Å²) in [5.41, 5.74) is 1.22. The van der Waals surface area contributed by atoms with E-state index in [0.29, 0.717) is 12.3 Å². The number of carbonyl (C=O) groups is 1. The summed E-state index contributed by atoms with van der Waals surface area (Å²) in [5.74, 6) is -0.340. The summed E-state index contributed by atoms with van der Waals surface area (Å²) in [6.45, 7) is 7.38. The molecule has 3 heteroatoms. The zero-order chi connectivity index (χ0) is 16.7. The van der Waals surface area contributed by atoms with E-state index in [1.54, 1.807) is 0 Å². The lowest BCUT2D eigenvalue weighted by Crippen LogP contribution is -2.40. The van der Waals surface area contributed by atoms with Crippen LogP contribution in [0.15, 0.2) is 30.3 Å². The van der Waals surface area contributed by atoms with Crippen LogP contribution in [-0.4, -0.2) is 35.6 Å². The molecule has 1 aromatic carbocycles. The number of nitrogens with zero attached hydrogens (tertiary/aromatic N) is 1. The molecule has 0 aromatic heterocycles. The highest BCUT2D eigenvalue weighted by Crippen LogP contribution is 2.50. The van der Waals surface area contributed by atoms with Crippen LogP contribution in [0.1, 0.15) is 63.9 Å². The molecule has 0 radical (unpaired) electrons. The SMILES string of the molecule is CCN(CC)CC(c1ccccc1)C1(CC(=O)O)CCCCC1. The summed E-state index contributed by atoms with van der Waals surface area (Å²) in [5, 5.41) is 9.56. The first-order chi connectivity index (χ1) is 11.1. The molecule has 1 aliphatic rings. The fourth-order valence-corrected chi connectivity index (χ4v) is 4.28. The van der Waals surface area contributed by atoms with Crippen LogP contribution in [0.2, 0.25) is 0 Å². The molecule has 128 valence electrons.